The van der Waals surface area contributed by atoms with E-state index < -0.39 is 11.7 Å². The van der Waals surface area contributed by atoms with E-state index in [1.54, 1.807) is 55.3 Å². The van der Waals surface area contributed by atoms with Gasteiger partial charge in [-0.2, -0.15) is 22.7 Å². The number of aromatic nitrogens is 5. The van der Waals surface area contributed by atoms with Crippen molar-refractivity contribution in [3.05, 3.63) is 66.4 Å². The van der Waals surface area contributed by atoms with Gasteiger partial charge in [0.25, 0.3) is 0 Å². The molecule has 9 nitrogen and oxygen atoms in total. The highest BCUT2D eigenvalue weighted by Crippen LogP contribution is 2.31. The standard InChI is InChI=1S/C23H22F3N6O3/c1-32-10-9-19(28-22(32)34-12-11-33-2)35-18-8-3-5-15(13-18)20-29-21(31-30-20)27-17-7-4-6-16(14-17)23(24,25)26/h3-10,13-14H,11-12H2,1-2H3,(H2,27,29,30,31)/q+1. The SMILES string of the molecule is COCCOc1nc(Oc2cccc(-c3nc(Nc4cccc(C(F)(F)F)c4)n[nH]3)c2)cc[n+]1C. The Morgan fingerprint density at radius 3 is 2.66 bits per heavy atom. The first-order chi connectivity index (χ1) is 16.8. The normalized spacial score (nSPS) is 11.3. The van der Waals surface area contributed by atoms with Gasteiger partial charge in [0, 0.05) is 23.3 Å². The number of H-pyrrole nitrogens is 1. The fraction of sp³-hybridized carbons (Fsp3) is 0.217. The zero-order chi connectivity index (χ0) is 24.8. The van der Waals surface area contributed by atoms with E-state index in [0.29, 0.717) is 42.2 Å². The highest BCUT2D eigenvalue weighted by atomic mass is 19.4. The summed E-state index contributed by atoms with van der Waals surface area (Å²) in [5.74, 6) is 1.36. The van der Waals surface area contributed by atoms with Crippen LogP contribution in [0.4, 0.5) is 24.8 Å². The van der Waals surface area contributed by atoms with Crippen LogP contribution in [0.2, 0.25) is 0 Å². The second-order valence-electron chi connectivity index (χ2n) is 7.34. The van der Waals surface area contributed by atoms with Crippen molar-refractivity contribution < 1.29 is 31.9 Å². The zero-order valence-corrected chi connectivity index (χ0v) is 18.8. The van der Waals surface area contributed by atoms with Gasteiger partial charge >= 0.3 is 18.1 Å². The number of nitrogens with zero attached hydrogens (tertiary/aromatic N) is 4. The Hall–Kier alpha value is -4.19. The molecule has 0 aliphatic heterocycles. The maximum atomic E-state index is 12.9. The third-order valence-corrected chi connectivity index (χ3v) is 4.73. The maximum absolute atomic E-state index is 12.9. The van der Waals surface area contributed by atoms with Gasteiger partial charge in [-0.25, -0.2) is 0 Å². The average Bonchev–Trinajstić information content (AvgIpc) is 3.29. The van der Waals surface area contributed by atoms with Crippen LogP contribution in [0.3, 0.4) is 0 Å². The Labute approximate surface area is 198 Å². The molecule has 35 heavy (non-hydrogen) atoms. The summed E-state index contributed by atoms with van der Waals surface area (Å²) >= 11 is 0. The summed E-state index contributed by atoms with van der Waals surface area (Å²) in [6.45, 7) is 0.773. The van der Waals surface area contributed by atoms with Crippen LogP contribution >= 0.6 is 0 Å². The first kappa shape index (κ1) is 24.0. The lowest BCUT2D eigenvalue weighted by atomic mass is 10.2. The van der Waals surface area contributed by atoms with E-state index >= 15 is 0 Å². The second-order valence-corrected chi connectivity index (χ2v) is 7.34. The van der Waals surface area contributed by atoms with Crippen molar-refractivity contribution in [1.82, 2.24) is 20.2 Å². The lowest BCUT2D eigenvalue weighted by Crippen LogP contribution is -2.32. The Morgan fingerprint density at radius 2 is 1.86 bits per heavy atom. The fourth-order valence-corrected chi connectivity index (χ4v) is 3.03. The lowest BCUT2D eigenvalue weighted by molar-refractivity contribution is -0.680. The predicted octanol–water partition coefficient (Wildman–Crippen LogP) is 4.27. The minimum Gasteiger partial charge on any atom is -0.426 e. The van der Waals surface area contributed by atoms with E-state index in [9.17, 15) is 13.2 Å². The van der Waals surface area contributed by atoms with Gasteiger partial charge < -0.3 is 19.5 Å². The lowest BCUT2D eigenvalue weighted by Gasteiger charge is -2.08. The van der Waals surface area contributed by atoms with Crippen molar-refractivity contribution in [2.75, 3.05) is 25.6 Å². The Morgan fingerprint density at radius 1 is 1.03 bits per heavy atom. The topological polar surface area (TPSA) is 98.1 Å². The van der Waals surface area contributed by atoms with Crippen LogP contribution < -0.4 is 19.4 Å². The van der Waals surface area contributed by atoms with Gasteiger partial charge in [-0.05, 0) is 30.3 Å². The van der Waals surface area contributed by atoms with Gasteiger partial charge in [0.1, 0.15) is 18.6 Å². The number of anilines is 2. The summed E-state index contributed by atoms with van der Waals surface area (Å²) in [7, 11) is 3.39. The quantitative estimate of drug-likeness (QED) is 0.269. The van der Waals surface area contributed by atoms with Gasteiger partial charge in [0.15, 0.2) is 5.82 Å². The highest BCUT2D eigenvalue weighted by Gasteiger charge is 2.30. The summed E-state index contributed by atoms with van der Waals surface area (Å²) in [6.07, 6.45) is -2.68. The summed E-state index contributed by atoms with van der Waals surface area (Å²) in [4.78, 5) is 8.67. The number of rotatable bonds is 9. The van der Waals surface area contributed by atoms with Crippen molar-refractivity contribution in [2.24, 2.45) is 7.05 Å². The molecular weight excluding hydrogens is 465 g/mol. The average molecular weight is 487 g/mol. The number of aryl methyl sites for hydroxylation is 1. The summed E-state index contributed by atoms with van der Waals surface area (Å²) in [5, 5.41) is 9.58. The molecule has 0 amide bonds. The van der Waals surface area contributed by atoms with Crippen molar-refractivity contribution in [3.8, 4) is 29.0 Å². The fourth-order valence-electron chi connectivity index (χ4n) is 3.03. The molecular formula is C23H22F3N6O3+. The van der Waals surface area contributed by atoms with Gasteiger partial charge in [0.2, 0.25) is 5.95 Å². The Bertz CT molecular complexity index is 1300. The van der Waals surface area contributed by atoms with Crippen molar-refractivity contribution in [3.63, 3.8) is 0 Å². The van der Waals surface area contributed by atoms with Crippen LogP contribution in [0.15, 0.2) is 60.8 Å². The first-order valence-electron chi connectivity index (χ1n) is 10.5. The van der Waals surface area contributed by atoms with E-state index in [-0.39, 0.29) is 11.6 Å². The van der Waals surface area contributed by atoms with Crippen molar-refractivity contribution in [1.29, 1.82) is 0 Å². The number of halogens is 3. The molecule has 2 aromatic heterocycles. The second kappa shape index (κ2) is 10.4. The molecule has 0 saturated heterocycles. The molecule has 0 saturated carbocycles. The van der Waals surface area contributed by atoms with E-state index in [1.165, 1.54) is 12.1 Å². The molecule has 4 aromatic rings. The van der Waals surface area contributed by atoms with Gasteiger partial charge in [0.05, 0.1) is 25.3 Å². The molecule has 0 bridgehead atoms. The summed E-state index contributed by atoms with van der Waals surface area (Å²) in [5.41, 5.74) is 0.109. The Balaban J connectivity index is 1.47. The number of aromatic amines is 1. The van der Waals surface area contributed by atoms with Crippen LogP contribution in [0, 0.1) is 0 Å². The largest absolute Gasteiger partial charge is 0.501 e. The van der Waals surface area contributed by atoms with Crippen LogP contribution in [0.25, 0.3) is 11.4 Å². The number of nitrogens with one attached hydrogen (secondary N) is 2. The smallest absolute Gasteiger partial charge is 0.426 e. The molecule has 0 spiro atoms. The third kappa shape index (κ3) is 6.23. The summed E-state index contributed by atoms with van der Waals surface area (Å²) < 4.78 is 57.0. The molecule has 4 rings (SSSR count). The molecule has 182 valence electrons. The molecule has 0 radical (unpaired) electrons. The molecule has 0 aliphatic rings. The number of hydrogen-bond donors (Lipinski definition) is 2. The highest BCUT2D eigenvalue weighted by molar-refractivity contribution is 5.61. The number of ether oxygens (including phenoxy) is 3. The van der Waals surface area contributed by atoms with E-state index in [0.717, 1.165) is 12.1 Å². The van der Waals surface area contributed by atoms with Gasteiger partial charge in [-0.1, -0.05) is 18.2 Å². The minimum absolute atomic E-state index is 0.126. The van der Waals surface area contributed by atoms with Crippen LogP contribution in [0.5, 0.6) is 17.6 Å². The molecule has 2 aromatic carbocycles. The molecule has 12 heteroatoms. The third-order valence-electron chi connectivity index (χ3n) is 4.73. The Kier molecular flexibility index (Phi) is 7.11. The monoisotopic (exact) mass is 487 g/mol. The number of alkyl halides is 3. The molecule has 0 unspecified atom stereocenters. The van der Waals surface area contributed by atoms with Crippen molar-refractivity contribution >= 4 is 11.6 Å². The minimum atomic E-state index is -4.44. The molecule has 2 heterocycles. The molecule has 0 aliphatic carbocycles. The molecule has 0 atom stereocenters. The van der Waals surface area contributed by atoms with Crippen LogP contribution in [-0.4, -0.2) is 40.5 Å². The van der Waals surface area contributed by atoms with E-state index in [1.807, 2.05) is 0 Å². The number of hydrogen-bond acceptors (Lipinski definition) is 7. The number of methoxy groups -OCH3 is 1. The van der Waals surface area contributed by atoms with Gasteiger partial charge in [-0.15, -0.1) is 5.10 Å². The van der Waals surface area contributed by atoms with Crippen molar-refractivity contribution in [2.45, 2.75) is 6.18 Å². The maximum Gasteiger partial charge on any atom is 0.501 e. The first-order valence-corrected chi connectivity index (χ1v) is 10.5. The summed E-state index contributed by atoms with van der Waals surface area (Å²) in [6, 6.07) is 13.9. The zero-order valence-electron chi connectivity index (χ0n) is 18.8. The van der Waals surface area contributed by atoms with E-state index in [2.05, 4.69) is 25.5 Å². The van der Waals surface area contributed by atoms with Crippen LogP contribution in [-0.2, 0) is 18.0 Å². The van der Waals surface area contributed by atoms with E-state index in [4.69, 9.17) is 14.2 Å². The van der Waals surface area contributed by atoms with Gasteiger partial charge in [-0.3, -0.25) is 5.10 Å². The van der Waals surface area contributed by atoms with Crippen LogP contribution in [0.1, 0.15) is 5.56 Å². The number of benzene rings is 2. The molecule has 2 N–H and O–H groups in total. The predicted molar refractivity (Wildman–Crippen MR) is 119 cm³/mol. The molecule has 0 fully saturated rings.